The lowest BCUT2D eigenvalue weighted by Gasteiger charge is -2.44. The predicted molar refractivity (Wildman–Crippen MR) is 150 cm³/mol. The van der Waals surface area contributed by atoms with Crippen molar-refractivity contribution in [3.63, 3.8) is 0 Å². The van der Waals surface area contributed by atoms with E-state index in [4.69, 9.17) is 19.6 Å². The number of ether oxygens (including phenoxy) is 2. The highest BCUT2D eigenvalue weighted by atomic mass is 16.6. The topological polar surface area (TPSA) is 81.9 Å². The van der Waals surface area contributed by atoms with Crippen molar-refractivity contribution in [1.29, 1.82) is 0 Å². The molecule has 1 aliphatic heterocycles. The monoisotopic (exact) mass is 525 g/mol. The van der Waals surface area contributed by atoms with E-state index in [-0.39, 0.29) is 11.5 Å². The van der Waals surface area contributed by atoms with Gasteiger partial charge in [-0.1, -0.05) is 12.1 Å². The van der Waals surface area contributed by atoms with Crippen LogP contribution in [0.4, 0.5) is 4.79 Å². The Morgan fingerprint density at radius 2 is 1.79 bits per heavy atom. The van der Waals surface area contributed by atoms with Crippen molar-refractivity contribution in [3.8, 4) is 28.1 Å². The van der Waals surface area contributed by atoms with Gasteiger partial charge in [0.25, 0.3) is 0 Å². The Morgan fingerprint density at radius 1 is 1.03 bits per heavy atom. The van der Waals surface area contributed by atoms with Crippen molar-refractivity contribution in [2.75, 3.05) is 20.2 Å². The van der Waals surface area contributed by atoms with Crippen LogP contribution in [0.1, 0.15) is 51.3 Å². The molecule has 0 radical (unpaired) electrons. The molecule has 4 heterocycles. The van der Waals surface area contributed by atoms with Crippen LogP contribution in [-0.4, -0.2) is 56.4 Å². The molecule has 0 bridgehead atoms. The highest BCUT2D eigenvalue weighted by Gasteiger charge is 2.40. The predicted octanol–water partition coefficient (Wildman–Crippen LogP) is 5.97. The lowest BCUT2D eigenvalue weighted by atomic mass is 9.67. The number of amides is 1. The maximum Gasteiger partial charge on any atom is 0.410 e. The second-order valence-corrected chi connectivity index (χ2v) is 11.8. The van der Waals surface area contributed by atoms with Gasteiger partial charge in [0.1, 0.15) is 17.0 Å². The molecule has 0 N–H and O–H groups in total. The van der Waals surface area contributed by atoms with E-state index >= 15 is 0 Å². The van der Waals surface area contributed by atoms with Gasteiger partial charge in [-0.05, 0) is 93.7 Å². The minimum Gasteiger partial charge on any atom is -0.497 e. The number of carbonyl (C=O) groups is 1. The summed E-state index contributed by atoms with van der Waals surface area (Å²) in [5, 5.41) is 5.15. The summed E-state index contributed by atoms with van der Waals surface area (Å²) < 4.78 is 13.2. The molecular weight excluding hydrogens is 490 g/mol. The molecule has 1 aliphatic carbocycles. The Morgan fingerprint density at radius 3 is 2.51 bits per heavy atom. The fourth-order valence-corrected chi connectivity index (χ4v) is 6.03. The first-order valence-corrected chi connectivity index (χ1v) is 13.7. The van der Waals surface area contributed by atoms with Crippen molar-refractivity contribution in [2.24, 2.45) is 5.41 Å². The molecule has 0 unspecified atom stereocenters. The van der Waals surface area contributed by atoms with Crippen LogP contribution in [0.5, 0.6) is 5.75 Å². The van der Waals surface area contributed by atoms with Gasteiger partial charge >= 0.3 is 6.09 Å². The average Bonchev–Trinajstić information content (AvgIpc) is 3.33. The first-order valence-electron chi connectivity index (χ1n) is 13.7. The number of pyridine rings is 1. The number of hydrogen-bond acceptors (Lipinski definition) is 6. The van der Waals surface area contributed by atoms with Crippen LogP contribution < -0.4 is 4.74 Å². The molecule has 0 saturated carbocycles. The van der Waals surface area contributed by atoms with E-state index in [0.29, 0.717) is 0 Å². The molecule has 8 nitrogen and oxygen atoms in total. The molecule has 1 fully saturated rings. The number of fused-ring (bicyclic) bond motifs is 3. The summed E-state index contributed by atoms with van der Waals surface area (Å²) in [5.74, 6) is 0.796. The van der Waals surface area contributed by atoms with E-state index in [2.05, 4.69) is 15.6 Å². The van der Waals surface area contributed by atoms with Crippen LogP contribution in [0, 0.1) is 5.41 Å². The summed E-state index contributed by atoms with van der Waals surface area (Å²) >= 11 is 0. The third-order valence-electron chi connectivity index (χ3n) is 8.08. The number of likely N-dealkylation sites (tertiary alicyclic amines) is 1. The summed E-state index contributed by atoms with van der Waals surface area (Å²) in [6.45, 7) is 7.20. The van der Waals surface area contributed by atoms with E-state index in [1.165, 1.54) is 11.3 Å². The largest absolute Gasteiger partial charge is 0.497 e. The van der Waals surface area contributed by atoms with Gasteiger partial charge in [-0.2, -0.15) is 5.10 Å². The number of carbonyl (C=O) groups excluding carboxylic acids is 1. The lowest BCUT2D eigenvalue weighted by Crippen LogP contribution is -2.47. The van der Waals surface area contributed by atoms with E-state index in [9.17, 15) is 4.79 Å². The molecule has 1 spiro atoms. The fourth-order valence-electron chi connectivity index (χ4n) is 6.03. The van der Waals surface area contributed by atoms with Gasteiger partial charge in [-0.15, -0.1) is 0 Å². The first kappa shape index (κ1) is 25.3. The summed E-state index contributed by atoms with van der Waals surface area (Å²) in [4.78, 5) is 23.7. The number of methoxy groups -OCH3 is 1. The second-order valence-electron chi connectivity index (χ2n) is 11.8. The van der Waals surface area contributed by atoms with Crippen molar-refractivity contribution in [2.45, 2.75) is 58.5 Å². The number of piperidine rings is 1. The number of nitrogens with zero attached hydrogens (tertiary/aromatic N) is 5. The smallest absolute Gasteiger partial charge is 0.410 e. The number of hydrogen-bond donors (Lipinski definition) is 0. The van der Waals surface area contributed by atoms with E-state index in [1.54, 1.807) is 19.5 Å². The molecule has 1 amide bonds. The Bertz CT molecular complexity index is 1510. The van der Waals surface area contributed by atoms with Crippen molar-refractivity contribution < 1.29 is 14.3 Å². The maximum atomic E-state index is 12.6. The quantitative estimate of drug-likeness (QED) is 0.328. The van der Waals surface area contributed by atoms with Crippen LogP contribution in [0.25, 0.3) is 28.0 Å². The second kappa shape index (κ2) is 9.67. The summed E-state index contributed by atoms with van der Waals surface area (Å²) in [6, 6.07) is 12.1. The van der Waals surface area contributed by atoms with Crippen LogP contribution in [-0.2, 0) is 17.6 Å². The molecule has 6 rings (SSSR count). The molecule has 4 aromatic rings. The van der Waals surface area contributed by atoms with E-state index in [1.807, 2.05) is 62.2 Å². The average molecular weight is 526 g/mol. The lowest BCUT2D eigenvalue weighted by molar-refractivity contribution is 0.00802. The number of rotatable bonds is 3. The minimum atomic E-state index is -0.477. The van der Waals surface area contributed by atoms with E-state index in [0.717, 1.165) is 79.0 Å². The number of aromatic nitrogens is 4. The Labute approximate surface area is 229 Å². The van der Waals surface area contributed by atoms with Crippen LogP contribution in [0.2, 0.25) is 0 Å². The Hall–Kier alpha value is -3.94. The third-order valence-corrected chi connectivity index (χ3v) is 8.08. The van der Waals surface area contributed by atoms with Gasteiger partial charge in [0.2, 0.25) is 0 Å². The Kier molecular flexibility index (Phi) is 6.28. The van der Waals surface area contributed by atoms with Gasteiger partial charge in [-0.3, -0.25) is 4.98 Å². The molecule has 0 atom stereocenters. The molecular formula is C31H35N5O3. The maximum absolute atomic E-state index is 12.6. The van der Waals surface area contributed by atoms with Crippen LogP contribution in [0.3, 0.4) is 0 Å². The molecule has 1 aromatic carbocycles. The summed E-state index contributed by atoms with van der Waals surface area (Å²) in [5.41, 5.74) is 6.93. The summed E-state index contributed by atoms with van der Waals surface area (Å²) in [7, 11) is 1.68. The normalized spacial score (nSPS) is 16.8. The molecule has 2 aliphatic rings. The van der Waals surface area contributed by atoms with Crippen molar-refractivity contribution >= 4 is 11.7 Å². The SMILES string of the molecule is COc1cccc(-c2c(-c3ccncc3)nn3c4c(cnc23)CC2(CC4)CCN(C(=O)OC(C)(C)C)CC2)c1. The van der Waals surface area contributed by atoms with Gasteiger partial charge in [0.05, 0.1) is 12.7 Å². The standard InChI is InChI=1S/C31H35N5O3/c1-30(2,3)39-29(37)35-16-12-31(13-17-35)11-8-25-23(19-31)20-33-28-26(22-6-5-7-24(18-22)38-4)27(34-36(25)28)21-9-14-32-15-10-21/h5-7,9-10,14-15,18,20H,8,11-13,16-17,19H2,1-4H3. The highest BCUT2D eigenvalue weighted by molar-refractivity contribution is 5.90. The number of aryl methyl sites for hydroxylation is 1. The van der Waals surface area contributed by atoms with Crippen LogP contribution >= 0.6 is 0 Å². The van der Waals surface area contributed by atoms with Crippen molar-refractivity contribution in [1.82, 2.24) is 24.5 Å². The molecule has 1 saturated heterocycles. The summed E-state index contributed by atoms with van der Waals surface area (Å²) in [6.07, 6.45) is 10.3. The van der Waals surface area contributed by atoms with Crippen LogP contribution in [0.15, 0.2) is 55.0 Å². The minimum absolute atomic E-state index is 0.178. The molecule has 39 heavy (non-hydrogen) atoms. The zero-order chi connectivity index (χ0) is 27.2. The molecule has 202 valence electrons. The molecule has 3 aromatic heterocycles. The fraction of sp³-hybridized carbons (Fsp3) is 0.419. The number of benzene rings is 1. The third kappa shape index (κ3) is 4.84. The van der Waals surface area contributed by atoms with Gasteiger partial charge in [-0.25, -0.2) is 14.3 Å². The highest BCUT2D eigenvalue weighted by Crippen LogP contribution is 2.45. The van der Waals surface area contributed by atoms with Gasteiger partial charge < -0.3 is 14.4 Å². The zero-order valence-electron chi connectivity index (χ0n) is 23.1. The van der Waals surface area contributed by atoms with Gasteiger partial charge in [0, 0.05) is 42.9 Å². The first-order chi connectivity index (χ1) is 18.8. The van der Waals surface area contributed by atoms with E-state index < -0.39 is 5.60 Å². The zero-order valence-corrected chi connectivity index (χ0v) is 23.1. The Balaban J connectivity index is 1.34. The van der Waals surface area contributed by atoms with Gasteiger partial charge in [0.15, 0.2) is 5.65 Å². The molecule has 8 heteroatoms. The van der Waals surface area contributed by atoms with Crippen molar-refractivity contribution in [3.05, 3.63) is 66.2 Å².